The summed E-state index contributed by atoms with van der Waals surface area (Å²) in [5.41, 5.74) is 2.48. The Morgan fingerprint density at radius 2 is 1.33 bits per heavy atom. The molecule has 0 aliphatic heterocycles. The first-order chi connectivity index (χ1) is 10.1. The molecule has 2 N–H and O–H groups in total. The molecule has 0 amide bonds. The van der Waals surface area contributed by atoms with Gasteiger partial charge in [-0.1, -0.05) is 47.5 Å². The van der Waals surface area contributed by atoms with Gasteiger partial charge in [-0.25, -0.2) is 0 Å². The van der Waals surface area contributed by atoms with Crippen molar-refractivity contribution >= 4 is 28.9 Å². The van der Waals surface area contributed by atoms with Gasteiger partial charge in [0, 0.05) is 21.2 Å². The molecule has 110 valence electrons. The third-order valence-electron chi connectivity index (χ3n) is 2.91. The molecule has 2 aromatic carbocycles. The second-order valence-corrected chi connectivity index (χ2v) is 5.41. The fraction of sp³-hybridized carbons (Fsp3) is 0.188. The molecule has 0 heterocycles. The number of aliphatic hydroxyl groups excluding tert-OH is 2. The average Bonchev–Trinajstić information content (AvgIpc) is 2.50. The number of halogens is 2. The third-order valence-corrected chi connectivity index (χ3v) is 3.41. The minimum atomic E-state index is -0.875. The lowest BCUT2D eigenvalue weighted by atomic mass is 10.0. The molecule has 21 heavy (non-hydrogen) atoms. The van der Waals surface area contributed by atoms with Crippen molar-refractivity contribution in [3.8, 4) is 0 Å². The lowest BCUT2D eigenvalue weighted by Crippen LogP contribution is -2.17. The molecule has 1 atom stereocenters. The summed E-state index contributed by atoms with van der Waals surface area (Å²) in [4.78, 5) is 4.41. The third kappa shape index (κ3) is 4.55. The summed E-state index contributed by atoms with van der Waals surface area (Å²) in [6, 6.07) is 14.6. The second-order valence-electron chi connectivity index (χ2n) is 4.54. The molecule has 3 nitrogen and oxygen atoms in total. The van der Waals surface area contributed by atoms with Crippen LogP contribution in [0.15, 0.2) is 53.5 Å². The molecule has 0 spiro atoms. The summed E-state index contributed by atoms with van der Waals surface area (Å²) in [7, 11) is 0. The van der Waals surface area contributed by atoms with E-state index in [0.29, 0.717) is 10.0 Å². The first-order valence-corrected chi connectivity index (χ1v) is 7.21. The van der Waals surface area contributed by atoms with Gasteiger partial charge < -0.3 is 10.2 Å². The Bertz CT molecular complexity index is 562. The first kappa shape index (κ1) is 16.0. The Kier molecular flexibility index (Phi) is 5.76. The van der Waals surface area contributed by atoms with Gasteiger partial charge in [0.05, 0.1) is 25.0 Å². The quantitative estimate of drug-likeness (QED) is 0.830. The normalized spacial score (nSPS) is 12.0. The Balaban J connectivity index is 2.38. The van der Waals surface area contributed by atoms with Crippen LogP contribution in [-0.2, 0) is 0 Å². The Morgan fingerprint density at radius 1 is 0.905 bits per heavy atom. The van der Waals surface area contributed by atoms with E-state index in [1.165, 1.54) is 0 Å². The number of nitrogens with zero attached hydrogens (tertiary/aromatic N) is 1. The second kappa shape index (κ2) is 7.57. The zero-order valence-corrected chi connectivity index (χ0v) is 12.7. The van der Waals surface area contributed by atoms with E-state index in [9.17, 15) is 5.11 Å². The minimum absolute atomic E-state index is 0.122. The molecule has 0 fully saturated rings. The average molecular weight is 324 g/mol. The lowest BCUT2D eigenvalue weighted by molar-refractivity contribution is 0.102. The number of aliphatic hydroxyl groups is 2. The fourth-order valence-corrected chi connectivity index (χ4v) is 2.07. The predicted molar refractivity (Wildman–Crippen MR) is 86.5 cm³/mol. The molecule has 0 aliphatic rings. The maximum Gasteiger partial charge on any atom is 0.0965 e. The summed E-state index contributed by atoms with van der Waals surface area (Å²) < 4.78 is 0. The van der Waals surface area contributed by atoms with Crippen molar-refractivity contribution in [3.05, 3.63) is 69.7 Å². The molecule has 0 radical (unpaired) electrons. The van der Waals surface area contributed by atoms with Gasteiger partial charge in [0.25, 0.3) is 0 Å². The number of benzene rings is 2. The van der Waals surface area contributed by atoms with E-state index in [1.807, 2.05) is 24.3 Å². The SMILES string of the molecule is OCC(O)CN=C(c1ccc(Cl)cc1)c1ccc(Cl)cc1. The van der Waals surface area contributed by atoms with Crippen LogP contribution in [0.3, 0.4) is 0 Å². The van der Waals surface area contributed by atoms with Crippen LogP contribution in [0.25, 0.3) is 0 Å². The Labute approximate surface area is 133 Å². The van der Waals surface area contributed by atoms with E-state index < -0.39 is 6.10 Å². The van der Waals surface area contributed by atoms with Gasteiger partial charge >= 0.3 is 0 Å². The summed E-state index contributed by atoms with van der Waals surface area (Å²) in [6.45, 7) is -0.199. The van der Waals surface area contributed by atoms with Crippen molar-refractivity contribution in [1.82, 2.24) is 0 Å². The summed E-state index contributed by atoms with van der Waals surface area (Å²) in [6.07, 6.45) is -0.875. The van der Waals surface area contributed by atoms with Crippen LogP contribution in [-0.4, -0.2) is 35.2 Å². The Morgan fingerprint density at radius 3 is 1.71 bits per heavy atom. The number of hydrogen-bond donors (Lipinski definition) is 2. The van der Waals surface area contributed by atoms with E-state index in [1.54, 1.807) is 24.3 Å². The fourth-order valence-electron chi connectivity index (χ4n) is 1.82. The molecule has 0 saturated carbocycles. The zero-order chi connectivity index (χ0) is 15.2. The van der Waals surface area contributed by atoms with E-state index in [-0.39, 0.29) is 13.2 Å². The lowest BCUT2D eigenvalue weighted by Gasteiger charge is -2.10. The highest BCUT2D eigenvalue weighted by Crippen LogP contribution is 2.17. The molecule has 0 saturated heterocycles. The highest BCUT2D eigenvalue weighted by atomic mass is 35.5. The summed E-state index contributed by atoms with van der Waals surface area (Å²) >= 11 is 11.8. The van der Waals surface area contributed by atoms with Crippen LogP contribution in [0.1, 0.15) is 11.1 Å². The van der Waals surface area contributed by atoms with E-state index in [0.717, 1.165) is 16.8 Å². The van der Waals surface area contributed by atoms with Crippen LogP contribution in [0, 0.1) is 0 Å². The molecule has 1 unspecified atom stereocenters. The van der Waals surface area contributed by atoms with Gasteiger partial charge in [-0.3, -0.25) is 4.99 Å². The summed E-state index contributed by atoms with van der Waals surface area (Å²) in [5.74, 6) is 0. The van der Waals surface area contributed by atoms with Crippen molar-refractivity contribution < 1.29 is 10.2 Å². The zero-order valence-electron chi connectivity index (χ0n) is 11.2. The number of hydrogen-bond acceptors (Lipinski definition) is 3. The largest absolute Gasteiger partial charge is 0.394 e. The molecule has 2 aromatic rings. The minimum Gasteiger partial charge on any atom is -0.394 e. The predicted octanol–water partition coefficient (Wildman–Crippen LogP) is 3.18. The van der Waals surface area contributed by atoms with Gasteiger partial charge in [0.2, 0.25) is 0 Å². The Hall–Kier alpha value is -1.39. The highest BCUT2D eigenvalue weighted by molar-refractivity contribution is 6.31. The monoisotopic (exact) mass is 323 g/mol. The molecule has 5 heteroatoms. The van der Waals surface area contributed by atoms with Crippen LogP contribution in [0.2, 0.25) is 10.0 Å². The maximum absolute atomic E-state index is 9.49. The molecule has 0 aliphatic carbocycles. The van der Waals surface area contributed by atoms with Crippen molar-refractivity contribution in [2.45, 2.75) is 6.10 Å². The highest BCUT2D eigenvalue weighted by Gasteiger charge is 2.09. The summed E-state index contributed by atoms with van der Waals surface area (Å²) in [5, 5.41) is 19.7. The van der Waals surface area contributed by atoms with Crippen LogP contribution >= 0.6 is 23.2 Å². The van der Waals surface area contributed by atoms with Crippen molar-refractivity contribution in [3.63, 3.8) is 0 Å². The molecule has 0 bridgehead atoms. The number of rotatable bonds is 5. The van der Waals surface area contributed by atoms with Crippen molar-refractivity contribution in [1.29, 1.82) is 0 Å². The van der Waals surface area contributed by atoms with Crippen molar-refractivity contribution in [2.24, 2.45) is 4.99 Å². The standard InChI is InChI=1S/C16H15Cl2NO2/c17-13-5-1-11(2-6-13)16(19-9-15(21)10-20)12-3-7-14(18)8-4-12/h1-8,15,20-21H,9-10H2. The molecule has 2 rings (SSSR count). The van der Waals surface area contributed by atoms with Gasteiger partial charge in [0.15, 0.2) is 0 Å². The first-order valence-electron chi connectivity index (χ1n) is 6.45. The van der Waals surface area contributed by atoms with E-state index >= 15 is 0 Å². The van der Waals surface area contributed by atoms with Gasteiger partial charge in [0.1, 0.15) is 0 Å². The molecular weight excluding hydrogens is 309 g/mol. The van der Waals surface area contributed by atoms with E-state index in [4.69, 9.17) is 28.3 Å². The van der Waals surface area contributed by atoms with E-state index in [2.05, 4.69) is 4.99 Å². The molecule has 0 aromatic heterocycles. The van der Waals surface area contributed by atoms with Gasteiger partial charge in [-0.15, -0.1) is 0 Å². The smallest absolute Gasteiger partial charge is 0.0965 e. The van der Waals surface area contributed by atoms with Gasteiger partial charge in [-0.05, 0) is 24.3 Å². The maximum atomic E-state index is 9.49. The topological polar surface area (TPSA) is 52.8 Å². The van der Waals surface area contributed by atoms with Crippen LogP contribution in [0.4, 0.5) is 0 Å². The van der Waals surface area contributed by atoms with Crippen molar-refractivity contribution in [2.75, 3.05) is 13.2 Å². The number of aliphatic imine (C=N–C) groups is 1. The van der Waals surface area contributed by atoms with Crippen LogP contribution < -0.4 is 0 Å². The molecular formula is C16H15Cl2NO2. The van der Waals surface area contributed by atoms with Crippen LogP contribution in [0.5, 0.6) is 0 Å². The van der Waals surface area contributed by atoms with Gasteiger partial charge in [-0.2, -0.15) is 0 Å².